The Bertz CT molecular complexity index is 1280. The van der Waals surface area contributed by atoms with Gasteiger partial charge in [0.25, 0.3) is 0 Å². The Morgan fingerprint density at radius 2 is 1.69 bits per heavy atom. The molecule has 0 fully saturated rings. The van der Waals surface area contributed by atoms with E-state index in [2.05, 4.69) is 53.5 Å². The topological polar surface area (TPSA) is 53.8 Å². The molecule has 0 saturated carbocycles. The Morgan fingerprint density at radius 3 is 2.41 bits per heavy atom. The van der Waals surface area contributed by atoms with Crippen LogP contribution in [0.4, 0.5) is 0 Å². The van der Waals surface area contributed by atoms with Crippen LogP contribution in [-0.2, 0) is 16.4 Å². The third kappa shape index (κ3) is 5.41. The van der Waals surface area contributed by atoms with Gasteiger partial charge in [0.15, 0.2) is 0 Å². The van der Waals surface area contributed by atoms with Gasteiger partial charge in [0.05, 0.1) is 0 Å². The van der Waals surface area contributed by atoms with Crippen molar-refractivity contribution < 1.29 is 4.79 Å². The second-order valence-corrected chi connectivity index (χ2v) is 10.4. The third-order valence-corrected chi connectivity index (χ3v) is 7.94. The Balaban J connectivity index is 1.54. The minimum atomic E-state index is -0.322. The number of hydrogen-bond donors (Lipinski definition) is 0. The van der Waals surface area contributed by atoms with E-state index >= 15 is 0 Å². The van der Waals surface area contributed by atoms with E-state index in [1.807, 2.05) is 42.5 Å². The van der Waals surface area contributed by atoms with Gasteiger partial charge in [-0.3, -0.25) is 0 Å². The molecule has 1 heterocycles. The molecule has 0 radical (unpaired) electrons. The summed E-state index contributed by atoms with van der Waals surface area (Å²) in [5.41, 5.74) is 6.91. The zero-order valence-corrected chi connectivity index (χ0v) is 20.0. The van der Waals surface area contributed by atoms with E-state index < -0.39 is 0 Å². The zero-order chi connectivity index (χ0) is 22.3. The van der Waals surface area contributed by atoms with Crippen molar-refractivity contribution in [1.82, 2.24) is 4.98 Å². The summed E-state index contributed by atoms with van der Waals surface area (Å²) < 4.78 is 1.37. The quantitative estimate of drug-likeness (QED) is 0.363. The van der Waals surface area contributed by atoms with E-state index in [0.29, 0.717) is 12.0 Å². The van der Waals surface area contributed by atoms with Crippen LogP contribution in [0.2, 0.25) is 0 Å². The van der Waals surface area contributed by atoms with Crippen molar-refractivity contribution in [3.63, 3.8) is 0 Å². The number of Topliss-reactive ketones (excluding diaryl/α,β-unsaturated/α-hetero) is 1. The van der Waals surface area contributed by atoms with E-state index in [-0.39, 0.29) is 21.5 Å². The monoisotopic (exact) mass is 478 g/mol. The molecule has 4 aromatic rings. The second-order valence-electron chi connectivity index (χ2n) is 7.73. The fourth-order valence-electron chi connectivity index (χ4n) is 3.66. The van der Waals surface area contributed by atoms with Gasteiger partial charge in [-0.25, -0.2) is 0 Å². The maximum atomic E-state index is 11.4. The molecule has 1 atom stereocenters. The Kier molecular flexibility index (Phi) is 6.95. The van der Waals surface area contributed by atoms with Gasteiger partial charge in [-0.05, 0) is 0 Å². The van der Waals surface area contributed by atoms with Crippen LogP contribution in [0.15, 0.2) is 91.1 Å². The number of carbonyl (C=O) groups is 1. The SMILES string of the molecule is CC(=O)Cc1cccc([AsH]Cc2ccc(-c3ncc(C#N)cc3-c3ccccc3)cc2)c1. The summed E-state index contributed by atoms with van der Waals surface area (Å²) in [7, 11) is 0. The molecule has 4 heteroatoms. The number of benzene rings is 3. The molecular weight excluding hydrogens is 455 g/mol. The van der Waals surface area contributed by atoms with Crippen LogP contribution in [0.5, 0.6) is 0 Å². The van der Waals surface area contributed by atoms with E-state index in [4.69, 9.17) is 0 Å². The molecule has 0 bridgehead atoms. The number of nitriles is 1. The number of aromatic nitrogens is 1. The zero-order valence-electron chi connectivity index (χ0n) is 17.9. The molecule has 3 nitrogen and oxygen atoms in total. The molecule has 0 saturated heterocycles. The molecule has 156 valence electrons. The summed E-state index contributed by atoms with van der Waals surface area (Å²) in [5, 5.41) is 10.4. The fraction of sp³-hybridized carbons (Fsp3) is 0.107. The van der Waals surface area contributed by atoms with Crippen molar-refractivity contribution in [3.05, 3.63) is 108 Å². The number of pyridine rings is 1. The van der Waals surface area contributed by atoms with Gasteiger partial charge in [-0.1, -0.05) is 0 Å². The van der Waals surface area contributed by atoms with Gasteiger partial charge in [0.1, 0.15) is 0 Å². The number of ketones is 1. The summed E-state index contributed by atoms with van der Waals surface area (Å²) >= 11 is -0.322. The first-order valence-corrected chi connectivity index (χ1v) is 13.0. The van der Waals surface area contributed by atoms with Crippen molar-refractivity contribution in [2.45, 2.75) is 18.6 Å². The standard InChI is InChI=1S/C28H23AsN2O/c1-20(32)14-22-6-5-9-26(15-22)29-17-21-10-12-25(13-11-21)28-27(16-23(18-30)19-31-28)24-7-3-2-4-8-24/h2-13,15-16,19,29H,14,17H2,1H3. The van der Waals surface area contributed by atoms with Crippen LogP contribution in [0.1, 0.15) is 23.6 Å². The summed E-state index contributed by atoms with van der Waals surface area (Å²) in [5.74, 6) is 0.198. The molecule has 4 rings (SSSR count). The van der Waals surface area contributed by atoms with Crippen LogP contribution >= 0.6 is 0 Å². The molecule has 0 aliphatic carbocycles. The summed E-state index contributed by atoms with van der Waals surface area (Å²) in [6.07, 6.45) is 2.14. The maximum absolute atomic E-state index is 11.4. The van der Waals surface area contributed by atoms with E-state index in [1.54, 1.807) is 13.1 Å². The van der Waals surface area contributed by atoms with E-state index in [0.717, 1.165) is 33.2 Å². The Hall–Kier alpha value is -3.47. The average Bonchev–Trinajstić information content (AvgIpc) is 2.83. The van der Waals surface area contributed by atoms with Crippen LogP contribution in [-0.4, -0.2) is 26.5 Å². The fourth-order valence-corrected chi connectivity index (χ4v) is 6.06. The molecule has 0 amide bonds. The van der Waals surface area contributed by atoms with Crippen LogP contribution in [0.25, 0.3) is 22.4 Å². The van der Waals surface area contributed by atoms with Gasteiger partial charge in [-0.2, -0.15) is 0 Å². The van der Waals surface area contributed by atoms with Crippen LogP contribution in [0, 0.1) is 11.3 Å². The molecule has 3 aromatic carbocycles. The van der Waals surface area contributed by atoms with Gasteiger partial charge in [0.2, 0.25) is 0 Å². The molecule has 32 heavy (non-hydrogen) atoms. The van der Waals surface area contributed by atoms with E-state index in [1.165, 1.54) is 9.91 Å². The van der Waals surface area contributed by atoms with Gasteiger partial charge >= 0.3 is 196 Å². The van der Waals surface area contributed by atoms with Gasteiger partial charge in [-0.15, -0.1) is 0 Å². The molecule has 0 N–H and O–H groups in total. The molecule has 1 unspecified atom stereocenters. The van der Waals surface area contributed by atoms with Crippen molar-refractivity contribution in [1.29, 1.82) is 5.26 Å². The average molecular weight is 478 g/mol. The van der Waals surface area contributed by atoms with Crippen LogP contribution < -0.4 is 4.35 Å². The first-order chi connectivity index (χ1) is 15.6. The van der Waals surface area contributed by atoms with Crippen molar-refractivity contribution in [2.75, 3.05) is 0 Å². The van der Waals surface area contributed by atoms with Gasteiger partial charge in [0, 0.05) is 0 Å². The molecular formula is C28H23AsN2O. The van der Waals surface area contributed by atoms with Crippen molar-refractivity contribution in [2.24, 2.45) is 0 Å². The first-order valence-electron chi connectivity index (χ1n) is 10.5. The summed E-state index contributed by atoms with van der Waals surface area (Å²) in [6.45, 7) is 1.64. The second kappa shape index (κ2) is 10.2. The molecule has 0 aliphatic heterocycles. The third-order valence-electron chi connectivity index (χ3n) is 5.21. The van der Waals surface area contributed by atoms with Crippen molar-refractivity contribution in [3.8, 4) is 28.5 Å². The number of carbonyl (C=O) groups excluding carboxylic acids is 1. The predicted molar refractivity (Wildman–Crippen MR) is 131 cm³/mol. The molecule has 0 spiro atoms. The number of rotatable bonds is 7. The number of hydrogen-bond acceptors (Lipinski definition) is 3. The first kappa shape index (κ1) is 21.7. The minimum absolute atomic E-state index is 0.198. The molecule has 1 aromatic heterocycles. The number of nitrogens with zero attached hydrogens (tertiary/aromatic N) is 2. The predicted octanol–water partition coefficient (Wildman–Crippen LogP) is 4.68. The van der Waals surface area contributed by atoms with Crippen molar-refractivity contribution >= 4 is 25.9 Å². The summed E-state index contributed by atoms with van der Waals surface area (Å²) in [4.78, 5) is 16.0. The Labute approximate surface area is 195 Å². The normalized spacial score (nSPS) is 10.9. The summed E-state index contributed by atoms with van der Waals surface area (Å²) in [6, 6.07) is 31.2. The van der Waals surface area contributed by atoms with Gasteiger partial charge < -0.3 is 0 Å². The Morgan fingerprint density at radius 1 is 0.906 bits per heavy atom. The van der Waals surface area contributed by atoms with E-state index in [9.17, 15) is 10.1 Å². The van der Waals surface area contributed by atoms with Crippen LogP contribution in [0.3, 0.4) is 0 Å². The molecule has 0 aliphatic rings.